The number of aromatic nitrogens is 1. The van der Waals surface area contributed by atoms with Crippen molar-refractivity contribution in [2.45, 2.75) is 7.43 Å². The quantitative estimate of drug-likeness (QED) is 0.597. The number of hydrogen-bond acceptors (Lipinski definition) is 1. The van der Waals surface area contributed by atoms with Crippen molar-refractivity contribution in [1.82, 2.24) is 4.98 Å². The zero-order chi connectivity index (χ0) is 5.98. The molecule has 0 atom stereocenters. The summed E-state index contributed by atoms with van der Waals surface area (Å²) in [5.41, 5.74) is 0. The van der Waals surface area contributed by atoms with Gasteiger partial charge in [-0.3, -0.25) is 0 Å². The van der Waals surface area contributed by atoms with E-state index in [0.29, 0.717) is 5.15 Å². The summed E-state index contributed by atoms with van der Waals surface area (Å²) in [5.74, 6) is 0. The van der Waals surface area contributed by atoms with Gasteiger partial charge in [0.15, 0.2) is 0 Å². The van der Waals surface area contributed by atoms with Gasteiger partial charge in [0.25, 0.3) is 0 Å². The van der Waals surface area contributed by atoms with E-state index in [1.165, 1.54) is 0 Å². The molecule has 0 amide bonds. The molecule has 0 fully saturated rings. The summed E-state index contributed by atoms with van der Waals surface area (Å²) in [6.07, 6.45) is 1.65. The Balaban J connectivity index is 0.000000640. The first-order valence-electron chi connectivity index (χ1n) is 2.06. The average Bonchev–Trinajstić information content (AvgIpc) is 1.64. The minimum atomic E-state index is 0. The Morgan fingerprint density at radius 1 is 1.56 bits per heavy atom. The molecule has 0 saturated carbocycles. The summed E-state index contributed by atoms with van der Waals surface area (Å²) in [4.78, 5) is 3.78. The van der Waals surface area contributed by atoms with Gasteiger partial charge < -0.3 is 0 Å². The van der Waals surface area contributed by atoms with Gasteiger partial charge in [0, 0.05) is 10.7 Å². The summed E-state index contributed by atoms with van der Waals surface area (Å²) >= 11 is 8.74. The molecule has 0 unspecified atom stereocenters. The number of hydrogen-bond donors (Lipinski definition) is 0. The molecule has 3 heteroatoms. The van der Waals surface area contributed by atoms with E-state index in [9.17, 15) is 0 Å². The highest BCUT2D eigenvalue weighted by atomic mass is 79.9. The maximum atomic E-state index is 5.50. The van der Waals surface area contributed by atoms with Crippen molar-refractivity contribution in [2.75, 3.05) is 0 Å². The molecule has 0 spiro atoms. The van der Waals surface area contributed by atoms with Crippen molar-refractivity contribution >= 4 is 27.5 Å². The predicted octanol–water partition coefficient (Wildman–Crippen LogP) is 3.13. The molecule has 50 valence electrons. The zero-order valence-corrected chi connectivity index (χ0v) is 6.28. The first kappa shape index (κ1) is 8.92. The lowest BCUT2D eigenvalue weighted by molar-refractivity contribution is 1.32. The second-order valence-electron chi connectivity index (χ2n) is 1.30. The van der Waals surface area contributed by atoms with Crippen molar-refractivity contribution in [3.8, 4) is 0 Å². The molecular formula is C6H7BrClN. The van der Waals surface area contributed by atoms with Crippen LogP contribution in [-0.2, 0) is 0 Å². The van der Waals surface area contributed by atoms with Gasteiger partial charge in [-0.25, -0.2) is 4.98 Å². The molecule has 1 aromatic rings. The van der Waals surface area contributed by atoms with Gasteiger partial charge in [0.1, 0.15) is 5.15 Å². The maximum Gasteiger partial charge on any atom is 0.130 e. The molecule has 1 heterocycles. The molecule has 1 nitrogen and oxygen atoms in total. The van der Waals surface area contributed by atoms with Gasteiger partial charge in [0.05, 0.1) is 0 Å². The Hall–Kier alpha value is -0.0800. The molecule has 0 N–H and O–H groups in total. The van der Waals surface area contributed by atoms with Crippen LogP contribution in [0.2, 0.25) is 5.15 Å². The molecule has 0 bridgehead atoms. The lowest BCUT2D eigenvalue weighted by Gasteiger charge is -1.86. The Kier molecular flexibility index (Phi) is 3.82. The van der Waals surface area contributed by atoms with Crippen molar-refractivity contribution in [2.24, 2.45) is 0 Å². The van der Waals surface area contributed by atoms with E-state index in [2.05, 4.69) is 20.9 Å². The minimum Gasteiger partial charge on any atom is -0.245 e. The Morgan fingerprint density at radius 3 is 2.56 bits per heavy atom. The minimum absolute atomic E-state index is 0. The van der Waals surface area contributed by atoms with Gasteiger partial charge in [0.2, 0.25) is 0 Å². The van der Waals surface area contributed by atoms with Crippen LogP contribution >= 0.6 is 27.5 Å². The summed E-state index contributed by atoms with van der Waals surface area (Å²) in [6.45, 7) is 0. The van der Waals surface area contributed by atoms with Crippen molar-refractivity contribution in [3.05, 3.63) is 28.0 Å². The number of pyridine rings is 1. The van der Waals surface area contributed by atoms with Crippen LogP contribution in [0.4, 0.5) is 0 Å². The normalized spacial score (nSPS) is 8.22. The fourth-order valence-electron chi connectivity index (χ4n) is 0.379. The highest BCUT2D eigenvalue weighted by Crippen LogP contribution is 2.11. The van der Waals surface area contributed by atoms with Crippen LogP contribution in [0.25, 0.3) is 0 Å². The average molecular weight is 208 g/mol. The lowest BCUT2D eigenvalue weighted by atomic mass is 10.5. The van der Waals surface area contributed by atoms with Gasteiger partial charge in [-0.05, 0) is 12.1 Å². The fraction of sp³-hybridized carbons (Fsp3) is 0.167. The predicted molar refractivity (Wildman–Crippen MR) is 43.7 cm³/mol. The zero-order valence-electron chi connectivity index (χ0n) is 3.94. The number of rotatable bonds is 0. The highest BCUT2D eigenvalue weighted by Gasteiger charge is 1.86. The van der Waals surface area contributed by atoms with E-state index in [1.54, 1.807) is 12.3 Å². The van der Waals surface area contributed by atoms with Crippen LogP contribution in [0.3, 0.4) is 0 Å². The van der Waals surface area contributed by atoms with E-state index >= 15 is 0 Å². The summed E-state index contributed by atoms with van der Waals surface area (Å²) in [5, 5.41) is 0.513. The van der Waals surface area contributed by atoms with Crippen LogP contribution in [0.1, 0.15) is 7.43 Å². The Morgan fingerprint density at radius 2 is 2.22 bits per heavy atom. The fourth-order valence-corrected chi connectivity index (χ4v) is 1.02. The van der Waals surface area contributed by atoms with Gasteiger partial charge in [-0.2, -0.15) is 0 Å². The largest absolute Gasteiger partial charge is 0.245 e. The first-order valence-corrected chi connectivity index (χ1v) is 3.23. The number of nitrogens with zero attached hydrogens (tertiary/aromatic N) is 1. The molecular weight excluding hydrogens is 201 g/mol. The van der Waals surface area contributed by atoms with Crippen LogP contribution in [-0.4, -0.2) is 4.98 Å². The molecule has 9 heavy (non-hydrogen) atoms. The molecule has 0 radical (unpaired) electrons. The van der Waals surface area contributed by atoms with Gasteiger partial charge in [-0.1, -0.05) is 35.0 Å². The summed E-state index contributed by atoms with van der Waals surface area (Å²) < 4.78 is 0.956. The summed E-state index contributed by atoms with van der Waals surface area (Å²) in [7, 11) is 0. The third-order valence-corrected chi connectivity index (χ3v) is 1.39. The number of halogens is 2. The standard InChI is InChI=1S/C5H3BrClN.CH4/c6-4-1-2-8-5(7)3-4;/h1-3H;1H4. The SMILES string of the molecule is C.Clc1cc(Br)ccn1. The van der Waals surface area contributed by atoms with Gasteiger partial charge in [-0.15, -0.1) is 0 Å². The highest BCUT2D eigenvalue weighted by molar-refractivity contribution is 9.10. The molecule has 0 aliphatic rings. The second-order valence-corrected chi connectivity index (χ2v) is 2.60. The monoisotopic (exact) mass is 207 g/mol. The van der Waals surface area contributed by atoms with E-state index < -0.39 is 0 Å². The maximum absolute atomic E-state index is 5.50. The van der Waals surface area contributed by atoms with E-state index in [0.717, 1.165) is 4.47 Å². The molecule has 0 aromatic carbocycles. The van der Waals surface area contributed by atoms with E-state index in [4.69, 9.17) is 11.6 Å². The first-order chi connectivity index (χ1) is 3.79. The Labute approximate surface area is 68.2 Å². The molecule has 0 saturated heterocycles. The third kappa shape index (κ3) is 2.82. The van der Waals surface area contributed by atoms with Crippen molar-refractivity contribution < 1.29 is 0 Å². The van der Waals surface area contributed by atoms with Crippen molar-refractivity contribution in [1.29, 1.82) is 0 Å². The van der Waals surface area contributed by atoms with Crippen LogP contribution in [0.5, 0.6) is 0 Å². The van der Waals surface area contributed by atoms with Crippen molar-refractivity contribution in [3.63, 3.8) is 0 Å². The third-order valence-electron chi connectivity index (χ3n) is 0.689. The second kappa shape index (κ2) is 3.85. The van der Waals surface area contributed by atoms with E-state index in [-0.39, 0.29) is 7.43 Å². The smallest absolute Gasteiger partial charge is 0.130 e. The van der Waals surface area contributed by atoms with Crippen LogP contribution < -0.4 is 0 Å². The molecule has 0 aliphatic carbocycles. The topological polar surface area (TPSA) is 12.9 Å². The molecule has 1 rings (SSSR count). The lowest BCUT2D eigenvalue weighted by Crippen LogP contribution is -1.69. The van der Waals surface area contributed by atoms with Gasteiger partial charge >= 0.3 is 0 Å². The van der Waals surface area contributed by atoms with Crippen LogP contribution in [0, 0.1) is 0 Å². The van der Waals surface area contributed by atoms with Crippen LogP contribution in [0.15, 0.2) is 22.8 Å². The summed E-state index contributed by atoms with van der Waals surface area (Å²) in [6, 6.07) is 3.56. The molecule has 0 aliphatic heterocycles. The Bertz CT molecular complexity index is 173. The van der Waals surface area contributed by atoms with E-state index in [1.807, 2.05) is 6.07 Å². The molecule has 1 aromatic heterocycles.